The van der Waals surface area contributed by atoms with Gasteiger partial charge in [-0.25, -0.2) is 0 Å². The molecule has 2 aliphatic rings. The number of aryl methyl sites for hydroxylation is 1. The summed E-state index contributed by atoms with van der Waals surface area (Å²) in [6, 6.07) is 2.69. The lowest BCUT2D eigenvalue weighted by Gasteiger charge is -2.21. The lowest BCUT2D eigenvalue weighted by molar-refractivity contribution is 0.0840. The number of guanidine groups is 1. The van der Waals surface area contributed by atoms with Gasteiger partial charge in [-0.15, -0.1) is 0 Å². The van der Waals surface area contributed by atoms with Crippen molar-refractivity contribution in [2.45, 2.75) is 44.9 Å². The smallest absolute Gasteiger partial charge is 0.191 e. The van der Waals surface area contributed by atoms with Gasteiger partial charge in [0.15, 0.2) is 5.96 Å². The molecule has 6 nitrogen and oxygen atoms in total. The molecule has 1 aromatic rings. The Kier molecular flexibility index (Phi) is 4.43. The molecule has 1 aromatic heterocycles. The van der Waals surface area contributed by atoms with Crippen LogP contribution in [0.25, 0.3) is 0 Å². The van der Waals surface area contributed by atoms with Crippen LogP contribution in [0.3, 0.4) is 0 Å². The fourth-order valence-electron chi connectivity index (χ4n) is 2.86. The SMILES string of the molecule is CCn1nccc1[C@@H]1OCC[C@H]1CNC(=NC)NC1CC1. The minimum Gasteiger partial charge on any atom is -0.372 e. The molecule has 2 atom stereocenters. The summed E-state index contributed by atoms with van der Waals surface area (Å²) < 4.78 is 7.98. The summed E-state index contributed by atoms with van der Waals surface area (Å²) in [5.74, 6) is 1.37. The summed E-state index contributed by atoms with van der Waals surface area (Å²) in [5.41, 5.74) is 1.19. The molecular formula is C15H25N5O. The minimum atomic E-state index is 0.138. The van der Waals surface area contributed by atoms with E-state index in [1.165, 1.54) is 18.5 Å². The minimum absolute atomic E-state index is 0.138. The molecule has 0 radical (unpaired) electrons. The molecule has 1 aliphatic carbocycles. The monoisotopic (exact) mass is 291 g/mol. The number of rotatable bonds is 5. The molecule has 2 fully saturated rings. The lowest BCUT2D eigenvalue weighted by atomic mass is 9.99. The quantitative estimate of drug-likeness (QED) is 0.634. The first kappa shape index (κ1) is 14.4. The third-order valence-electron chi connectivity index (χ3n) is 4.23. The van der Waals surface area contributed by atoms with Gasteiger partial charge >= 0.3 is 0 Å². The van der Waals surface area contributed by atoms with Gasteiger partial charge in [-0.2, -0.15) is 5.10 Å². The number of hydrogen-bond acceptors (Lipinski definition) is 3. The van der Waals surface area contributed by atoms with Crippen molar-refractivity contribution in [1.29, 1.82) is 0 Å². The van der Waals surface area contributed by atoms with Crippen LogP contribution in [0.1, 0.15) is 38.0 Å². The molecule has 1 saturated carbocycles. The number of nitrogens with one attached hydrogen (secondary N) is 2. The second-order valence-corrected chi connectivity index (χ2v) is 5.78. The molecule has 6 heteroatoms. The third kappa shape index (κ3) is 3.37. The van der Waals surface area contributed by atoms with Crippen LogP contribution in [-0.4, -0.2) is 42.0 Å². The first-order valence-electron chi connectivity index (χ1n) is 7.92. The Hall–Kier alpha value is -1.56. The fourth-order valence-corrected chi connectivity index (χ4v) is 2.86. The molecule has 0 unspecified atom stereocenters. The standard InChI is InChI=1S/C15H25N5O/c1-3-20-13(6-8-18-20)14-11(7-9-21-14)10-17-15(16-2)19-12-4-5-12/h6,8,11-12,14H,3-5,7,9-10H2,1-2H3,(H2,16,17,19)/t11-,14+/m0/s1. The first-order chi connectivity index (χ1) is 10.3. The normalized spacial score (nSPS) is 26.1. The van der Waals surface area contributed by atoms with E-state index in [1.807, 2.05) is 17.9 Å². The lowest BCUT2D eigenvalue weighted by Crippen LogP contribution is -2.41. The summed E-state index contributed by atoms with van der Waals surface area (Å²) in [6.07, 6.45) is 5.59. The highest BCUT2D eigenvalue weighted by molar-refractivity contribution is 5.80. The van der Waals surface area contributed by atoms with E-state index in [2.05, 4.69) is 33.7 Å². The van der Waals surface area contributed by atoms with Gasteiger partial charge < -0.3 is 15.4 Å². The number of nitrogens with zero attached hydrogens (tertiary/aromatic N) is 3. The first-order valence-corrected chi connectivity index (χ1v) is 7.92. The van der Waals surface area contributed by atoms with Crippen molar-refractivity contribution in [2.24, 2.45) is 10.9 Å². The predicted octanol–water partition coefficient (Wildman–Crippen LogP) is 1.31. The molecule has 0 spiro atoms. The summed E-state index contributed by atoms with van der Waals surface area (Å²) in [4.78, 5) is 4.29. The van der Waals surface area contributed by atoms with Crippen LogP contribution < -0.4 is 10.6 Å². The maximum absolute atomic E-state index is 5.95. The van der Waals surface area contributed by atoms with Crippen molar-refractivity contribution in [1.82, 2.24) is 20.4 Å². The summed E-state index contributed by atoms with van der Waals surface area (Å²) in [6.45, 7) is 4.69. The van der Waals surface area contributed by atoms with Crippen molar-refractivity contribution < 1.29 is 4.74 Å². The molecule has 1 aliphatic heterocycles. The van der Waals surface area contributed by atoms with Gasteiger partial charge in [0, 0.05) is 44.9 Å². The Morgan fingerprint density at radius 1 is 1.48 bits per heavy atom. The molecule has 1 saturated heterocycles. The number of aromatic nitrogens is 2. The highest BCUT2D eigenvalue weighted by Crippen LogP contribution is 2.33. The largest absolute Gasteiger partial charge is 0.372 e. The van der Waals surface area contributed by atoms with E-state index in [-0.39, 0.29) is 6.10 Å². The van der Waals surface area contributed by atoms with Gasteiger partial charge in [0.05, 0.1) is 5.69 Å². The Morgan fingerprint density at radius 2 is 2.33 bits per heavy atom. The summed E-state index contributed by atoms with van der Waals surface area (Å²) in [7, 11) is 1.83. The van der Waals surface area contributed by atoms with E-state index in [0.29, 0.717) is 12.0 Å². The van der Waals surface area contributed by atoms with Gasteiger partial charge in [0.2, 0.25) is 0 Å². The highest BCUT2D eigenvalue weighted by atomic mass is 16.5. The van der Waals surface area contributed by atoms with E-state index < -0.39 is 0 Å². The second-order valence-electron chi connectivity index (χ2n) is 5.78. The zero-order valence-corrected chi connectivity index (χ0v) is 12.9. The van der Waals surface area contributed by atoms with Gasteiger partial charge in [0.25, 0.3) is 0 Å². The zero-order chi connectivity index (χ0) is 14.7. The Bertz CT molecular complexity index is 494. The average Bonchev–Trinajstić information content (AvgIpc) is 3.02. The topological polar surface area (TPSA) is 63.5 Å². The van der Waals surface area contributed by atoms with Crippen LogP contribution in [0, 0.1) is 5.92 Å². The van der Waals surface area contributed by atoms with E-state index in [4.69, 9.17) is 4.74 Å². The molecular weight excluding hydrogens is 266 g/mol. The van der Waals surface area contributed by atoms with Crippen LogP contribution >= 0.6 is 0 Å². The van der Waals surface area contributed by atoms with Crippen LogP contribution in [-0.2, 0) is 11.3 Å². The molecule has 0 bridgehead atoms. The maximum Gasteiger partial charge on any atom is 0.191 e. The Morgan fingerprint density at radius 3 is 3.05 bits per heavy atom. The predicted molar refractivity (Wildman–Crippen MR) is 82.2 cm³/mol. The molecule has 2 heterocycles. The number of aliphatic imine (C=N–C) groups is 1. The highest BCUT2D eigenvalue weighted by Gasteiger charge is 2.32. The van der Waals surface area contributed by atoms with Crippen LogP contribution in [0.2, 0.25) is 0 Å². The van der Waals surface area contributed by atoms with Crippen molar-refractivity contribution in [2.75, 3.05) is 20.2 Å². The molecule has 0 amide bonds. The van der Waals surface area contributed by atoms with Crippen molar-refractivity contribution >= 4 is 5.96 Å². The van der Waals surface area contributed by atoms with E-state index in [0.717, 1.165) is 32.1 Å². The van der Waals surface area contributed by atoms with E-state index in [1.54, 1.807) is 0 Å². The molecule has 3 rings (SSSR count). The second kappa shape index (κ2) is 6.47. The molecule has 116 valence electrons. The molecule has 2 N–H and O–H groups in total. The zero-order valence-electron chi connectivity index (χ0n) is 12.9. The van der Waals surface area contributed by atoms with Gasteiger partial charge in [-0.05, 0) is 32.3 Å². The number of hydrogen-bond donors (Lipinski definition) is 2. The molecule has 21 heavy (non-hydrogen) atoms. The molecule has 0 aromatic carbocycles. The van der Waals surface area contributed by atoms with Crippen molar-refractivity contribution in [3.8, 4) is 0 Å². The Labute approximate surface area is 126 Å². The Balaban J connectivity index is 1.59. The summed E-state index contributed by atoms with van der Waals surface area (Å²) >= 11 is 0. The van der Waals surface area contributed by atoms with Crippen LogP contribution in [0.5, 0.6) is 0 Å². The van der Waals surface area contributed by atoms with Crippen LogP contribution in [0.4, 0.5) is 0 Å². The van der Waals surface area contributed by atoms with Gasteiger partial charge in [-0.1, -0.05) is 0 Å². The van der Waals surface area contributed by atoms with E-state index in [9.17, 15) is 0 Å². The number of ether oxygens (including phenoxy) is 1. The van der Waals surface area contributed by atoms with Crippen LogP contribution in [0.15, 0.2) is 17.3 Å². The van der Waals surface area contributed by atoms with Crippen molar-refractivity contribution in [3.05, 3.63) is 18.0 Å². The fraction of sp³-hybridized carbons (Fsp3) is 0.733. The maximum atomic E-state index is 5.95. The van der Waals surface area contributed by atoms with E-state index >= 15 is 0 Å². The average molecular weight is 291 g/mol. The summed E-state index contributed by atoms with van der Waals surface area (Å²) in [5, 5.41) is 11.2. The van der Waals surface area contributed by atoms with Gasteiger partial charge in [-0.3, -0.25) is 9.67 Å². The third-order valence-corrected chi connectivity index (χ3v) is 4.23. The van der Waals surface area contributed by atoms with Gasteiger partial charge in [0.1, 0.15) is 6.10 Å². The van der Waals surface area contributed by atoms with Crippen molar-refractivity contribution in [3.63, 3.8) is 0 Å².